The van der Waals surface area contributed by atoms with Crippen molar-refractivity contribution in [1.29, 1.82) is 0 Å². The molecule has 0 bridgehead atoms. The lowest BCUT2D eigenvalue weighted by atomic mass is 9.59. The van der Waals surface area contributed by atoms with Crippen LogP contribution in [-0.2, 0) is 4.43 Å². The lowest BCUT2D eigenvalue weighted by molar-refractivity contribution is -0.0713. The van der Waals surface area contributed by atoms with Crippen LogP contribution < -0.4 is 0 Å². The van der Waals surface area contributed by atoms with E-state index in [1.165, 1.54) is 25.7 Å². The second kappa shape index (κ2) is 4.60. The van der Waals surface area contributed by atoms with Crippen molar-refractivity contribution < 1.29 is 9.53 Å². The van der Waals surface area contributed by atoms with Crippen molar-refractivity contribution in [2.24, 2.45) is 5.41 Å². The lowest BCUT2D eigenvalue weighted by Crippen LogP contribution is -2.48. The second-order valence-electron chi connectivity index (χ2n) is 8.14. The molecule has 0 radical (unpaired) electrons. The van der Waals surface area contributed by atoms with Crippen LogP contribution in [0.1, 0.15) is 59.3 Å². The van der Waals surface area contributed by atoms with Crippen LogP contribution in [0.5, 0.6) is 0 Å². The van der Waals surface area contributed by atoms with E-state index < -0.39 is 8.32 Å². The lowest BCUT2D eigenvalue weighted by Gasteiger charge is -2.51. The molecule has 1 N–H and O–H groups in total. The molecule has 2 nitrogen and oxygen atoms in total. The molecule has 2 aliphatic carbocycles. The predicted molar refractivity (Wildman–Crippen MR) is 78.2 cm³/mol. The van der Waals surface area contributed by atoms with E-state index in [1.54, 1.807) is 0 Å². The third-order valence-corrected chi connectivity index (χ3v) is 10.1. The maximum absolute atomic E-state index is 9.50. The van der Waals surface area contributed by atoms with Crippen LogP contribution in [0.25, 0.3) is 0 Å². The van der Waals surface area contributed by atoms with Crippen molar-refractivity contribution in [2.75, 3.05) is 0 Å². The Labute approximate surface area is 113 Å². The van der Waals surface area contributed by atoms with Gasteiger partial charge in [0, 0.05) is 6.10 Å². The zero-order valence-electron chi connectivity index (χ0n) is 12.8. The standard InChI is InChI=1S/C15H30O2Si/c1-14(2,3)18(4,5)17-13-6-8-15(9-7-13)10-12(16)11-15/h12-13,16H,6-11H2,1-5H3. The van der Waals surface area contributed by atoms with Gasteiger partial charge in [-0.1, -0.05) is 20.8 Å². The van der Waals surface area contributed by atoms with Crippen LogP contribution in [0, 0.1) is 5.41 Å². The molecular formula is C15H30O2Si. The van der Waals surface area contributed by atoms with Crippen molar-refractivity contribution in [1.82, 2.24) is 0 Å². The van der Waals surface area contributed by atoms with Crippen LogP contribution in [-0.4, -0.2) is 25.6 Å². The Kier molecular flexibility index (Phi) is 3.72. The number of aliphatic hydroxyl groups excluding tert-OH is 1. The Balaban J connectivity index is 1.84. The maximum atomic E-state index is 9.50. The van der Waals surface area contributed by atoms with E-state index >= 15 is 0 Å². The first kappa shape index (κ1) is 14.5. The molecule has 0 saturated heterocycles. The van der Waals surface area contributed by atoms with E-state index in [0.717, 1.165) is 12.8 Å². The van der Waals surface area contributed by atoms with Gasteiger partial charge in [-0.2, -0.15) is 0 Å². The molecule has 0 heterocycles. The normalized spacial score (nSPS) is 37.7. The molecule has 0 aliphatic heterocycles. The molecule has 0 aromatic rings. The van der Waals surface area contributed by atoms with E-state index in [1.807, 2.05) is 0 Å². The van der Waals surface area contributed by atoms with Gasteiger partial charge in [-0.25, -0.2) is 0 Å². The van der Waals surface area contributed by atoms with Crippen LogP contribution in [0.15, 0.2) is 0 Å². The Bertz CT molecular complexity index is 290. The van der Waals surface area contributed by atoms with Gasteiger partial charge in [0.1, 0.15) is 0 Å². The number of hydrogen-bond acceptors (Lipinski definition) is 2. The fraction of sp³-hybridized carbons (Fsp3) is 1.00. The molecular weight excluding hydrogens is 240 g/mol. The average Bonchev–Trinajstić information content (AvgIpc) is 2.17. The van der Waals surface area contributed by atoms with Gasteiger partial charge in [-0.15, -0.1) is 0 Å². The smallest absolute Gasteiger partial charge is 0.192 e. The Hall–Kier alpha value is 0.137. The van der Waals surface area contributed by atoms with E-state index in [2.05, 4.69) is 33.9 Å². The summed E-state index contributed by atoms with van der Waals surface area (Å²) in [5.41, 5.74) is 0.493. The van der Waals surface area contributed by atoms with E-state index in [4.69, 9.17) is 4.43 Å². The molecule has 106 valence electrons. The molecule has 2 saturated carbocycles. The van der Waals surface area contributed by atoms with Gasteiger partial charge >= 0.3 is 0 Å². The first-order valence-electron chi connectivity index (χ1n) is 7.50. The van der Waals surface area contributed by atoms with Gasteiger partial charge in [0.15, 0.2) is 8.32 Å². The molecule has 18 heavy (non-hydrogen) atoms. The van der Waals surface area contributed by atoms with Crippen LogP contribution in [0.4, 0.5) is 0 Å². The third kappa shape index (κ3) is 2.83. The molecule has 3 heteroatoms. The summed E-state index contributed by atoms with van der Waals surface area (Å²) in [5.74, 6) is 0. The molecule has 0 amide bonds. The third-order valence-electron chi connectivity index (χ3n) is 5.60. The average molecular weight is 270 g/mol. The largest absolute Gasteiger partial charge is 0.414 e. The van der Waals surface area contributed by atoms with E-state index in [-0.39, 0.29) is 6.10 Å². The SMILES string of the molecule is CC(C)(C)[Si](C)(C)OC1CCC2(CC1)CC(O)C2. The molecule has 0 aromatic heterocycles. The molecule has 1 spiro atoms. The van der Waals surface area contributed by atoms with Crippen LogP contribution in [0.2, 0.25) is 18.1 Å². The van der Waals surface area contributed by atoms with E-state index in [9.17, 15) is 5.11 Å². The maximum Gasteiger partial charge on any atom is 0.192 e. The second-order valence-corrected chi connectivity index (χ2v) is 12.9. The van der Waals surface area contributed by atoms with Gasteiger partial charge in [0.2, 0.25) is 0 Å². The summed E-state index contributed by atoms with van der Waals surface area (Å²) in [6.07, 6.45) is 7.50. The summed E-state index contributed by atoms with van der Waals surface area (Å²) in [6.45, 7) is 11.6. The molecule has 2 rings (SSSR count). The fourth-order valence-electron chi connectivity index (χ4n) is 3.26. The highest BCUT2D eigenvalue weighted by Gasteiger charge is 2.47. The van der Waals surface area contributed by atoms with Crippen molar-refractivity contribution in [3.8, 4) is 0 Å². The molecule has 0 aromatic carbocycles. The Morgan fingerprint density at radius 3 is 2.00 bits per heavy atom. The van der Waals surface area contributed by atoms with Gasteiger partial charge < -0.3 is 9.53 Å². The van der Waals surface area contributed by atoms with Gasteiger partial charge in [-0.05, 0) is 62.1 Å². The van der Waals surface area contributed by atoms with Gasteiger partial charge in [-0.3, -0.25) is 0 Å². The first-order valence-corrected chi connectivity index (χ1v) is 10.4. The summed E-state index contributed by atoms with van der Waals surface area (Å²) in [6, 6.07) is 0. The molecule has 0 atom stereocenters. The Morgan fingerprint density at radius 2 is 1.61 bits per heavy atom. The number of aliphatic hydroxyl groups is 1. The summed E-state index contributed by atoms with van der Waals surface area (Å²) < 4.78 is 6.51. The summed E-state index contributed by atoms with van der Waals surface area (Å²) in [4.78, 5) is 0. The van der Waals surface area contributed by atoms with Gasteiger partial charge in [0.05, 0.1) is 6.10 Å². The summed E-state index contributed by atoms with van der Waals surface area (Å²) in [5, 5.41) is 9.81. The predicted octanol–water partition coefficient (Wildman–Crippen LogP) is 4.09. The minimum Gasteiger partial charge on any atom is -0.414 e. The monoisotopic (exact) mass is 270 g/mol. The van der Waals surface area contributed by atoms with Crippen molar-refractivity contribution in [3.05, 3.63) is 0 Å². The number of hydrogen-bond donors (Lipinski definition) is 1. The summed E-state index contributed by atoms with van der Waals surface area (Å²) >= 11 is 0. The minimum atomic E-state index is -1.59. The molecule has 2 fully saturated rings. The fourth-order valence-corrected chi connectivity index (χ4v) is 4.69. The number of rotatable bonds is 2. The highest BCUT2D eigenvalue weighted by molar-refractivity contribution is 6.74. The van der Waals surface area contributed by atoms with Crippen LogP contribution >= 0.6 is 0 Å². The molecule has 2 aliphatic rings. The Morgan fingerprint density at radius 1 is 1.11 bits per heavy atom. The van der Waals surface area contributed by atoms with Crippen LogP contribution in [0.3, 0.4) is 0 Å². The topological polar surface area (TPSA) is 29.5 Å². The molecule has 0 unspecified atom stereocenters. The van der Waals surface area contributed by atoms with Crippen molar-refractivity contribution in [3.63, 3.8) is 0 Å². The highest BCUT2D eigenvalue weighted by atomic mass is 28.4. The first-order chi connectivity index (χ1) is 8.14. The highest BCUT2D eigenvalue weighted by Crippen LogP contribution is 2.52. The minimum absolute atomic E-state index is 0.0112. The zero-order valence-corrected chi connectivity index (χ0v) is 13.8. The van der Waals surface area contributed by atoms with Gasteiger partial charge in [0.25, 0.3) is 0 Å². The van der Waals surface area contributed by atoms with Crippen molar-refractivity contribution >= 4 is 8.32 Å². The van der Waals surface area contributed by atoms with Crippen molar-refractivity contribution in [2.45, 2.75) is 89.6 Å². The summed E-state index contributed by atoms with van der Waals surface area (Å²) in [7, 11) is -1.59. The zero-order chi connectivity index (χ0) is 13.6. The quantitative estimate of drug-likeness (QED) is 0.766. The van der Waals surface area contributed by atoms with E-state index in [0.29, 0.717) is 16.6 Å².